The number of rotatable bonds is 5. The molecule has 0 aliphatic carbocycles. The molecule has 0 radical (unpaired) electrons. The number of hydrogen-bond donors (Lipinski definition) is 0. The highest BCUT2D eigenvalue weighted by molar-refractivity contribution is 6.13. The zero-order chi connectivity index (χ0) is 35.6. The van der Waals surface area contributed by atoms with Crippen LogP contribution < -0.4 is 0 Å². The zero-order valence-corrected chi connectivity index (χ0v) is 29.3. The van der Waals surface area contributed by atoms with Crippen molar-refractivity contribution < 1.29 is 0 Å². The van der Waals surface area contributed by atoms with Crippen LogP contribution in [0.1, 0.15) is 0 Å². The van der Waals surface area contributed by atoms with Gasteiger partial charge in [0.15, 0.2) is 5.65 Å². The van der Waals surface area contributed by atoms with Crippen molar-refractivity contribution in [3.63, 3.8) is 0 Å². The van der Waals surface area contributed by atoms with E-state index in [4.69, 9.17) is 9.97 Å². The summed E-state index contributed by atoms with van der Waals surface area (Å²) in [7, 11) is 0. The highest BCUT2D eigenvalue weighted by Crippen LogP contribution is 2.39. The van der Waals surface area contributed by atoms with Gasteiger partial charge in [-0.05, 0) is 100 Å². The standard InChI is InChI=1S/C50H32N4/c1-3-12-33(13-4-1)34-21-23-35(24-22-34)42-32-49(52-50-41(42)18-11-29-51-50)54-46-20-10-8-17-40(46)44-31-37(26-28-48(44)54)36-25-27-47-43(30-36)39-16-7-9-19-45(39)53(47)38-14-5-2-6-15-38/h1-32H. The van der Waals surface area contributed by atoms with Crippen LogP contribution in [-0.4, -0.2) is 19.1 Å². The lowest BCUT2D eigenvalue weighted by molar-refractivity contribution is 1.09. The molecule has 0 amide bonds. The molecular formula is C50H32N4. The first-order chi connectivity index (χ1) is 26.8. The minimum atomic E-state index is 0.725. The van der Waals surface area contributed by atoms with Crippen molar-refractivity contribution in [3.8, 4) is 44.9 Å². The summed E-state index contributed by atoms with van der Waals surface area (Å²) in [5.74, 6) is 0.845. The maximum atomic E-state index is 5.19. The minimum absolute atomic E-state index is 0.725. The van der Waals surface area contributed by atoms with Crippen LogP contribution in [0.15, 0.2) is 194 Å². The average molecular weight is 689 g/mol. The van der Waals surface area contributed by atoms with Gasteiger partial charge in [-0.2, -0.15) is 0 Å². The smallest absolute Gasteiger partial charge is 0.162 e. The Morgan fingerprint density at radius 1 is 0.333 bits per heavy atom. The fourth-order valence-corrected chi connectivity index (χ4v) is 8.28. The third kappa shape index (κ3) is 4.78. The van der Waals surface area contributed by atoms with E-state index >= 15 is 0 Å². The molecule has 7 aromatic carbocycles. The van der Waals surface area contributed by atoms with E-state index in [9.17, 15) is 0 Å². The van der Waals surface area contributed by atoms with Gasteiger partial charge in [-0.25, -0.2) is 9.97 Å². The summed E-state index contributed by atoms with van der Waals surface area (Å²) in [6.45, 7) is 0. The Morgan fingerprint density at radius 3 is 1.52 bits per heavy atom. The van der Waals surface area contributed by atoms with Crippen LogP contribution in [0.2, 0.25) is 0 Å². The second kappa shape index (κ2) is 12.1. The van der Waals surface area contributed by atoms with Gasteiger partial charge in [0.1, 0.15) is 5.82 Å². The maximum Gasteiger partial charge on any atom is 0.162 e. The van der Waals surface area contributed by atoms with Crippen LogP contribution in [0.3, 0.4) is 0 Å². The van der Waals surface area contributed by atoms with Crippen molar-refractivity contribution >= 4 is 54.6 Å². The fraction of sp³-hybridized carbons (Fsp3) is 0. The maximum absolute atomic E-state index is 5.19. The van der Waals surface area contributed by atoms with E-state index in [2.05, 4.69) is 191 Å². The van der Waals surface area contributed by atoms with Gasteiger partial charge in [0.2, 0.25) is 0 Å². The molecule has 11 aromatic rings. The molecule has 0 atom stereocenters. The van der Waals surface area contributed by atoms with E-state index in [1.165, 1.54) is 54.8 Å². The summed E-state index contributed by atoms with van der Waals surface area (Å²) in [4.78, 5) is 9.95. The van der Waals surface area contributed by atoms with Gasteiger partial charge in [0.25, 0.3) is 0 Å². The van der Waals surface area contributed by atoms with Gasteiger partial charge in [-0.1, -0.05) is 121 Å². The summed E-state index contributed by atoms with van der Waals surface area (Å²) in [5, 5.41) is 5.89. The fourth-order valence-electron chi connectivity index (χ4n) is 8.28. The second-order valence-electron chi connectivity index (χ2n) is 13.9. The van der Waals surface area contributed by atoms with E-state index < -0.39 is 0 Å². The van der Waals surface area contributed by atoms with Crippen LogP contribution in [0.4, 0.5) is 0 Å². The van der Waals surface area contributed by atoms with Crippen molar-refractivity contribution in [2.45, 2.75) is 0 Å². The zero-order valence-electron chi connectivity index (χ0n) is 29.3. The van der Waals surface area contributed by atoms with Crippen molar-refractivity contribution in [3.05, 3.63) is 194 Å². The molecule has 252 valence electrons. The summed E-state index contributed by atoms with van der Waals surface area (Å²) in [5.41, 5.74) is 13.5. The molecule has 0 aliphatic rings. The molecule has 0 bridgehead atoms. The number of hydrogen-bond acceptors (Lipinski definition) is 2. The third-order valence-electron chi connectivity index (χ3n) is 10.8. The van der Waals surface area contributed by atoms with E-state index in [0.29, 0.717) is 0 Å². The molecule has 0 fully saturated rings. The van der Waals surface area contributed by atoms with Crippen molar-refractivity contribution in [1.29, 1.82) is 0 Å². The number of aromatic nitrogens is 4. The summed E-state index contributed by atoms with van der Waals surface area (Å²) < 4.78 is 4.66. The molecule has 0 unspecified atom stereocenters. The largest absolute Gasteiger partial charge is 0.309 e. The lowest BCUT2D eigenvalue weighted by Crippen LogP contribution is -2.00. The Kier molecular flexibility index (Phi) is 6.82. The van der Waals surface area contributed by atoms with Crippen molar-refractivity contribution in [2.24, 2.45) is 0 Å². The van der Waals surface area contributed by atoms with E-state index in [1.807, 2.05) is 12.3 Å². The van der Waals surface area contributed by atoms with Crippen LogP contribution in [0.5, 0.6) is 0 Å². The van der Waals surface area contributed by atoms with Crippen LogP contribution in [0, 0.1) is 0 Å². The first-order valence-corrected chi connectivity index (χ1v) is 18.3. The van der Waals surface area contributed by atoms with Gasteiger partial charge in [-0.15, -0.1) is 0 Å². The van der Waals surface area contributed by atoms with Gasteiger partial charge in [-0.3, -0.25) is 4.57 Å². The predicted molar refractivity (Wildman–Crippen MR) is 225 cm³/mol. The summed E-state index contributed by atoms with van der Waals surface area (Å²) in [6, 6.07) is 67.3. The SMILES string of the molecule is c1ccc(-c2ccc(-c3cc(-n4c5ccccc5c5cc(-c6ccc7c(c6)c6ccccc6n7-c6ccccc6)ccc54)nc4ncccc34)cc2)cc1. The van der Waals surface area contributed by atoms with Gasteiger partial charge in [0, 0.05) is 38.8 Å². The lowest BCUT2D eigenvalue weighted by atomic mass is 9.98. The molecule has 54 heavy (non-hydrogen) atoms. The molecule has 4 nitrogen and oxygen atoms in total. The number of benzene rings is 7. The van der Waals surface area contributed by atoms with E-state index in [-0.39, 0.29) is 0 Å². The average Bonchev–Trinajstić information content (AvgIpc) is 3.76. The number of pyridine rings is 2. The molecular weight excluding hydrogens is 657 g/mol. The normalized spacial score (nSPS) is 11.7. The molecule has 0 saturated heterocycles. The molecule has 11 rings (SSSR count). The Hall–Kier alpha value is -7.30. The van der Waals surface area contributed by atoms with E-state index in [1.54, 1.807) is 0 Å². The lowest BCUT2D eigenvalue weighted by Gasteiger charge is -2.13. The van der Waals surface area contributed by atoms with Crippen LogP contribution >= 0.6 is 0 Å². The van der Waals surface area contributed by atoms with Crippen LogP contribution in [-0.2, 0) is 0 Å². The molecule has 0 saturated carbocycles. The first-order valence-electron chi connectivity index (χ1n) is 18.3. The van der Waals surface area contributed by atoms with Gasteiger partial charge >= 0.3 is 0 Å². The van der Waals surface area contributed by atoms with E-state index in [0.717, 1.165) is 44.7 Å². The molecule has 4 aromatic heterocycles. The van der Waals surface area contributed by atoms with Gasteiger partial charge < -0.3 is 4.57 Å². The van der Waals surface area contributed by atoms with Crippen molar-refractivity contribution in [1.82, 2.24) is 19.1 Å². The van der Waals surface area contributed by atoms with Crippen molar-refractivity contribution in [2.75, 3.05) is 0 Å². The Balaban J connectivity index is 1.07. The molecule has 4 heterocycles. The first kappa shape index (κ1) is 30.3. The highest BCUT2D eigenvalue weighted by Gasteiger charge is 2.18. The quantitative estimate of drug-likeness (QED) is 0.180. The third-order valence-corrected chi connectivity index (χ3v) is 10.8. The Bertz CT molecular complexity index is 3190. The van der Waals surface area contributed by atoms with Gasteiger partial charge in [0.05, 0.1) is 22.1 Å². The monoisotopic (exact) mass is 688 g/mol. The highest BCUT2D eigenvalue weighted by atomic mass is 15.1. The number of fused-ring (bicyclic) bond motifs is 7. The second-order valence-corrected chi connectivity index (χ2v) is 13.9. The minimum Gasteiger partial charge on any atom is -0.309 e. The van der Waals surface area contributed by atoms with Crippen LogP contribution in [0.25, 0.3) is 99.5 Å². The summed E-state index contributed by atoms with van der Waals surface area (Å²) in [6.07, 6.45) is 1.83. The molecule has 0 spiro atoms. The Labute approximate surface area is 311 Å². The molecule has 4 heteroatoms. The summed E-state index contributed by atoms with van der Waals surface area (Å²) >= 11 is 0. The molecule has 0 N–H and O–H groups in total. The number of nitrogens with zero attached hydrogens (tertiary/aromatic N) is 4. The number of para-hydroxylation sites is 3. The Morgan fingerprint density at radius 2 is 0.833 bits per heavy atom. The predicted octanol–water partition coefficient (Wildman–Crippen LogP) is 12.8. The topological polar surface area (TPSA) is 35.6 Å². The molecule has 0 aliphatic heterocycles.